The van der Waals surface area contributed by atoms with Gasteiger partial charge in [-0.2, -0.15) is 5.26 Å². The number of nitriles is 1. The fourth-order valence-electron chi connectivity index (χ4n) is 1.62. The molecule has 0 radical (unpaired) electrons. The van der Waals surface area contributed by atoms with Crippen molar-refractivity contribution < 1.29 is 15.0 Å². The predicted octanol–water partition coefficient (Wildman–Crippen LogP) is 2.41. The number of hydrogen-bond acceptors (Lipinski definition) is 5. The summed E-state index contributed by atoms with van der Waals surface area (Å²) >= 11 is 8.65. The third-order valence-corrected chi connectivity index (χ3v) is 3.22. The first-order valence-electron chi connectivity index (χ1n) is 7.56. The van der Waals surface area contributed by atoms with Gasteiger partial charge in [0, 0.05) is 35.6 Å². The van der Waals surface area contributed by atoms with E-state index in [1.807, 2.05) is 26.8 Å². The van der Waals surface area contributed by atoms with Crippen LogP contribution in [0.5, 0.6) is 0 Å². The molecule has 142 valence electrons. The van der Waals surface area contributed by atoms with Crippen LogP contribution in [-0.2, 0) is 11.3 Å². The molecule has 0 aliphatic rings. The molecule has 8 nitrogen and oxygen atoms in total. The minimum atomic E-state index is -0.521. The van der Waals surface area contributed by atoms with Crippen LogP contribution in [-0.4, -0.2) is 42.9 Å². The Hall–Kier alpha value is -2.51. The molecule has 1 heterocycles. The van der Waals surface area contributed by atoms with Crippen LogP contribution < -0.4 is 11.1 Å². The fraction of sp³-hybridized carbons (Fsp3) is 0.438. The average molecular weight is 398 g/mol. The van der Waals surface area contributed by atoms with Crippen molar-refractivity contribution in [2.75, 3.05) is 11.9 Å². The van der Waals surface area contributed by atoms with Gasteiger partial charge in [0.2, 0.25) is 5.91 Å². The van der Waals surface area contributed by atoms with Crippen LogP contribution in [0.1, 0.15) is 32.8 Å². The average Bonchev–Trinajstić information content (AvgIpc) is 2.51. The van der Waals surface area contributed by atoms with Crippen LogP contribution in [0.3, 0.4) is 0 Å². The Balaban J connectivity index is 0.00000141. The van der Waals surface area contributed by atoms with Gasteiger partial charge < -0.3 is 26.2 Å². The lowest BCUT2D eigenvalue weighted by Gasteiger charge is -2.23. The summed E-state index contributed by atoms with van der Waals surface area (Å²) in [4.78, 5) is 17.6. The summed E-state index contributed by atoms with van der Waals surface area (Å²) < 4.78 is 0. The second kappa shape index (κ2) is 11.2. The van der Waals surface area contributed by atoms with Gasteiger partial charge in [-0.15, -0.1) is 0 Å². The van der Waals surface area contributed by atoms with E-state index in [1.165, 1.54) is 4.90 Å². The lowest BCUT2D eigenvalue weighted by molar-refractivity contribution is -0.123. The Kier molecular flexibility index (Phi) is 10.1. The van der Waals surface area contributed by atoms with Crippen molar-refractivity contribution in [2.45, 2.75) is 33.7 Å². The maximum atomic E-state index is 12.1. The van der Waals surface area contributed by atoms with Gasteiger partial charge in [-0.3, -0.25) is 9.78 Å². The highest BCUT2D eigenvalue weighted by atomic mass is 32.1. The number of amides is 1. The van der Waals surface area contributed by atoms with E-state index >= 15 is 0 Å². The molecule has 1 amide bonds. The van der Waals surface area contributed by atoms with Gasteiger partial charge in [-0.25, -0.2) is 0 Å². The predicted molar refractivity (Wildman–Crippen MR) is 108 cm³/mol. The molecule has 0 unspecified atom stereocenters. The number of anilines is 1. The van der Waals surface area contributed by atoms with E-state index in [1.54, 1.807) is 18.5 Å². The number of thiocarbonyl (C=S) groups is 2. The summed E-state index contributed by atoms with van der Waals surface area (Å²) in [6, 6.07) is 3.70. The van der Waals surface area contributed by atoms with Crippen molar-refractivity contribution in [1.82, 2.24) is 9.88 Å². The highest BCUT2D eigenvalue weighted by Crippen LogP contribution is 2.21. The number of aromatic nitrogens is 1. The van der Waals surface area contributed by atoms with E-state index < -0.39 is 10.6 Å². The first-order chi connectivity index (χ1) is 12.0. The number of carbonyl (C=O) groups is 1. The molecule has 5 N–H and O–H groups in total. The zero-order valence-corrected chi connectivity index (χ0v) is 16.5. The maximum absolute atomic E-state index is 12.1. The lowest BCUT2D eigenvalue weighted by Crippen LogP contribution is -2.31. The van der Waals surface area contributed by atoms with Crippen molar-refractivity contribution in [3.8, 4) is 6.07 Å². The number of aliphatic hydroxyl groups is 2. The Morgan fingerprint density at radius 3 is 2.46 bits per heavy atom. The Labute approximate surface area is 163 Å². The smallest absolute Gasteiger partial charge is 0.257 e. The summed E-state index contributed by atoms with van der Waals surface area (Å²) in [6.45, 7) is 6.06. The minimum Gasteiger partial charge on any atom is -0.487 e. The molecule has 0 spiro atoms. The first-order valence-corrected chi connectivity index (χ1v) is 8.38. The van der Waals surface area contributed by atoms with Crippen LogP contribution >= 0.6 is 24.4 Å². The number of nitrogens with one attached hydrogen (secondary N) is 1. The molecule has 10 heteroatoms. The molecule has 1 rings (SSSR count). The SMILES string of the molecule is CC(C)(C)C(=O)Nc1ccncc1CN(CCC#N)C(O)=S.NC(O)=S. The van der Waals surface area contributed by atoms with Gasteiger partial charge in [0.05, 0.1) is 19.0 Å². The maximum Gasteiger partial charge on any atom is 0.257 e. The van der Waals surface area contributed by atoms with E-state index in [9.17, 15) is 9.90 Å². The molecule has 0 fully saturated rings. The van der Waals surface area contributed by atoms with Crippen LogP contribution in [0.2, 0.25) is 0 Å². The number of pyridine rings is 1. The molecule has 0 aromatic carbocycles. The molecule has 26 heavy (non-hydrogen) atoms. The zero-order chi connectivity index (χ0) is 20.3. The molecule has 0 atom stereocenters. The van der Waals surface area contributed by atoms with Crippen molar-refractivity contribution in [3.63, 3.8) is 0 Å². The zero-order valence-electron chi connectivity index (χ0n) is 14.9. The van der Waals surface area contributed by atoms with E-state index in [0.29, 0.717) is 12.2 Å². The summed E-state index contributed by atoms with van der Waals surface area (Å²) in [7, 11) is 0. The van der Waals surface area contributed by atoms with E-state index in [-0.39, 0.29) is 24.0 Å². The lowest BCUT2D eigenvalue weighted by atomic mass is 9.95. The minimum absolute atomic E-state index is 0.116. The Morgan fingerprint density at radius 2 is 2.00 bits per heavy atom. The second-order valence-corrected chi connectivity index (χ2v) is 6.97. The summed E-state index contributed by atoms with van der Waals surface area (Å²) in [5.41, 5.74) is 5.21. The third-order valence-electron chi connectivity index (χ3n) is 2.96. The van der Waals surface area contributed by atoms with Crippen molar-refractivity contribution in [1.29, 1.82) is 5.26 Å². The van der Waals surface area contributed by atoms with Crippen molar-refractivity contribution >= 4 is 46.4 Å². The fourth-order valence-corrected chi connectivity index (χ4v) is 1.77. The molecule has 0 bridgehead atoms. The molecule has 0 saturated carbocycles. The molecular formula is C16H23N5O3S2. The molecule has 1 aromatic rings. The number of nitrogens with two attached hydrogens (primary N) is 1. The number of aliphatic hydroxyl groups excluding tert-OH is 2. The topological polar surface area (TPSA) is 136 Å². The van der Waals surface area contributed by atoms with E-state index in [0.717, 1.165) is 5.56 Å². The second-order valence-electron chi connectivity index (χ2n) is 6.19. The van der Waals surface area contributed by atoms with Gasteiger partial charge in [-0.1, -0.05) is 20.8 Å². The molecule has 0 aliphatic carbocycles. The standard InChI is InChI=1S/C15H20N4O2S.CH3NOS/c1-15(2,3)13(20)18-12-5-7-17-9-11(12)10-19(14(21)22)8-4-6-16;2-1(3)4/h5,7,9H,4,8,10H2,1-3H3,(H,21,22)(H,17,18,20);(H3,2,3,4). The number of hydrogen-bond donors (Lipinski definition) is 4. The van der Waals surface area contributed by atoms with Crippen LogP contribution in [0, 0.1) is 16.7 Å². The Morgan fingerprint density at radius 1 is 1.42 bits per heavy atom. The van der Waals surface area contributed by atoms with Gasteiger partial charge in [0.15, 0.2) is 0 Å². The number of nitrogens with zero attached hydrogens (tertiary/aromatic N) is 3. The monoisotopic (exact) mass is 397 g/mol. The summed E-state index contributed by atoms with van der Waals surface area (Å²) in [6.07, 6.45) is 3.43. The largest absolute Gasteiger partial charge is 0.487 e. The highest BCUT2D eigenvalue weighted by molar-refractivity contribution is 7.80. The van der Waals surface area contributed by atoms with Crippen LogP contribution in [0.4, 0.5) is 5.69 Å². The number of carbonyl (C=O) groups excluding carboxylic acids is 1. The van der Waals surface area contributed by atoms with Gasteiger partial charge >= 0.3 is 0 Å². The van der Waals surface area contributed by atoms with Crippen molar-refractivity contribution in [2.24, 2.45) is 11.1 Å². The number of rotatable bonds is 5. The van der Waals surface area contributed by atoms with Crippen molar-refractivity contribution in [3.05, 3.63) is 24.0 Å². The quantitative estimate of drug-likeness (QED) is 0.552. The van der Waals surface area contributed by atoms with Gasteiger partial charge in [-0.05, 0) is 30.5 Å². The summed E-state index contributed by atoms with van der Waals surface area (Å²) in [5, 5.41) is 27.8. The highest BCUT2D eigenvalue weighted by Gasteiger charge is 2.22. The molecule has 0 saturated heterocycles. The normalized spacial score (nSPS) is 9.92. The third kappa shape index (κ3) is 9.71. The molecular weight excluding hydrogens is 374 g/mol. The van der Waals surface area contributed by atoms with Crippen LogP contribution in [0.15, 0.2) is 18.5 Å². The van der Waals surface area contributed by atoms with Gasteiger partial charge in [0.1, 0.15) is 0 Å². The summed E-state index contributed by atoms with van der Waals surface area (Å²) in [5.74, 6) is -0.116. The van der Waals surface area contributed by atoms with Gasteiger partial charge in [0.25, 0.3) is 10.3 Å². The molecule has 1 aromatic heterocycles. The van der Waals surface area contributed by atoms with Crippen LogP contribution in [0.25, 0.3) is 0 Å². The van der Waals surface area contributed by atoms with E-state index in [4.69, 9.17) is 22.6 Å². The van der Waals surface area contributed by atoms with E-state index in [2.05, 4.69) is 28.3 Å². The molecule has 0 aliphatic heterocycles. The first kappa shape index (κ1) is 23.5. The Bertz CT molecular complexity index is 679.